The Balaban J connectivity index is 1.58. The molecule has 0 bridgehead atoms. The topological polar surface area (TPSA) is 44.7 Å². The zero-order valence-electron chi connectivity index (χ0n) is 16.2. The summed E-state index contributed by atoms with van der Waals surface area (Å²) in [6, 6.07) is 19.6. The van der Waals surface area contributed by atoms with E-state index in [0.717, 1.165) is 17.0 Å². The highest BCUT2D eigenvalue weighted by Gasteiger charge is 2.30. The van der Waals surface area contributed by atoms with Crippen LogP contribution in [0, 0.1) is 0 Å². The summed E-state index contributed by atoms with van der Waals surface area (Å²) in [7, 11) is 0. The summed E-state index contributed by atoms with van der Waals surface area (Å²) in [6.07, 6.45) is 0.621. The van der Waals surface area contributed by atoms with Crippen LogP contribution in [0.15, 0.2) is 71.8 Å². The summed E-state index contributed by atoms with van der Waals surface area (Å²) in [6.45, 7) is 0.303. The van der Waals surface area contributed by atoms with Crippen LogP contribution in [0.1, 0.15) is 28.4 Å². The van der Waals surface area contributed by atoms with Crippen LogP contribution in [0.4, 0.5) is 5.69 Å². The number of hydrazone groups is 1. The fourth-order valence-electron chi connectivity index (χ4n) is 3.43. The first-order chi connectivity index (χ1) is 14.9. The van der Waals surface area contributed by atoms with Crippen LogP contribution in [0.2, 0.25) is 20.1 Å². The van der Waals surface area contributed by atoms with Crippen LogP contribution in [0.3, 0.4) is 0 Å². The molecule has 0 radical (unpaired) electrons. The number of nitrogens with zero attached hydrogens (tertiary/aromatic N) is 2. The van der Waals surface area contributed by atoms with E-state index >= 15 is 0 Å². The molecule has 1 aliphatic heterocycles. The van der Waals surface area contributed by atoms with Crippen molar-refractivity contribution in [1.82, 2.24) is 5.32 Å². The Morgan fingerprint density at radius 2 is 1.65 bits per heavy atom. The van der Waals surface area contributed by atoms with Gasteiger partial charge in [-0.1, -0.05) is 64.6 Å². The Morgan fingerprint density at radius 1 is 0.935 bits per heavy atom. The van der Waals surface area contributed by atoms with Gasteiger partial charge < -0.3 is 5.32 Å². The Morgan fingerprint density at radius 3 is 2.35 bits per heavy atom. The van der Waals surface area contributed by atoms with Crippen LogP contribution in [0.25, 0.3) is 0 Å². The summed E-state index contributed by atoms with van der Waals surface area (Å²) < 4.78 is 0. The quantitative estimate of drug-likeness (QED) is 0.415. The molecule has 0 saturated carbocycles. The average molecular weight is 493 g/mol. The Hall–Kier alpha value is -2.24. The summed E-state index contributed by atoms with van der Waals surface area (Å²) in [5, 5.41) is 11.8. The number of halogens is 4. The number of carbonyl (C=O) groups excluding carboxylic acids is 1. The fraction of sp³-hybridized carbons (Fsp3) is 0.130. The highest BCUT2D eigenvalue weighted by atomic mass is 35.5. The first kappa shape index (κ1) is 22.0. The van der Waals surface area contributed by atoms with Crippen molar-refractivity contribution >= 4 is 63.7 Å². The molecule has 0 saturated heterocycles. The van der Waals surface area contributed by atoms with Gasteiger partial charge in [0, 0.05) is 27.1 Å². The molecule has 0 fully saturated rings. The fourth-order valence-corrected chi connectivity index (χ4v) is 4.24. The summed E-state index contributed by atoms with van der Waals surface area (Å²) in [4.78, 5) is 12.5. The standard InChI is InChI=1S/C23H17Cl4N3O/c24-16-6-4-14(5-7-16)22-12-19(13-28-23(31)15-2-1-3-17(25)10-15)29-30(22)21-9-8-18(26)11-20(21)27/h1-11,22H,12-13H2,(H,28,31). The van der Waals surface area contributed by atoms with E-state index in [1.807, 2.05) is 35.3 Å². The van der Waals surface area contributed by atoms with Crippen LogP contribution in [-0.4, -0.2) is 18.2 Å². The molecule has 1 N–H and O–H groups in total. The Labute approximate surface area is 200 Å². The number of hydrogen-bond acceptors (Lipinski definition) is 3. The van der Waals surface area contributed by atoms with Crippen molar-refractivity contribution in [2.45, 2.75) is 12.5 Å². The molecule has 3 aromatic rings. The van der Waals surface area contributed by atoms with Crippen LogP contribution >= 0.6 is 46.4 Å². The lowest BCUT2D eigenvalue weighted by atomic mass is 10.0. The highest BCUT2D eigenvalue weighted by molar-refractivity contribution is 6.36. The van der Waals surface area contributed by atoms with Gasteiger partial charge in [-0.05, 0) is 54.1 Å². The zero-order chi connectivity index (χ0) is 22.0. The first-order valence-electron chi connectivity index (χ1n) is 9.50. The number of hydrogen-bond donors (Lipinski definition) is 1. The maximum absolute atomic E-state index is 12.5. The molecule has 1 heterocycles. The monoisotopic (exact) mass is 491 g/mol. The molecule has 0 spiro atoms. The molecule has 31 heavy (non-hydrogen) atoms. The van der Waals surface area contributed by atoms with Crippen molar-refractivity contribution in [2.75, 3.05) is 11.6 Å². The molecule has 1 amide bonds. The van der Waals surface area contributed by atoms with E-state index in [4.69, 9.17) is 51.5 Å². The summed E-state index contributed by atoms with van der Waals surface area (Å²) >= 11 is 24.6. The summed E-state index contributed by atoms with van der Waals surface area (Å²) in [5.74, 6) is -0.212. The van der Waals surface area contributed by atoms with Crippen molar-refractivity contribution in [3.05, 3.63) is 97.9 Å². The van der Waals surface area contributed by atoms with Gasteiger partial charge in [0.15, 0.2) is 0 Å². The van der Waals surface area contributed by atoms with Gasteiger partial charge in [-0.25, -0.2) is 0 Å². The van der Waals surface area contributed by atoms with E-state index in [9.17, 15) is 4.79 Å². The van der Waals surface area contributed by atoms with Crippen LogP contribution in [0.5, 0.6) is 0 Å². The number of amides is 1. The molecule has 0 aliphatic carbocycles. The number of benzene rings is 3. The molecule has 158 valence electrons. The molecule has 1 atom stereocenters. The molecule has 8 heteroatoms. The minimum atomic E-state index is -0.212. The number of carbonyl (C=O) groups is 1. The SMILES string of the molecule is O=C(NCC1=NN(c2ccc(Cl)cc2Cl)C(c2ccc(Cl)cc2)C1)c1cccc(Cl)c1. The van der Waals surface area contributed by atoms with Crippen molar-refractivity contribution in [2.24, 2.45) is 5.10 Å². The molecule has 1 unspecified atom stereocenters. The number of nitrogens with one attached hydrogen (secondary N) is 1. The molecule has 0 aromatic heterocycles. The van der Waals surface area contributed by atoms with Gasteiger partial charge in [-0.15, -0.1) is 0 Å². The maximum Gasteiger partial charge on any atom is 0.251 e. The van der Waals surface area contributed by atoms with Gasteiger partial charge in [0.05, 0.1) is 29.0 Å². The second kappa shape index (κ2) is 9.49. The predicted molar refractivity (Wildman–Crippen MR) is 129 cm³/mol. The van der Waals surface area contributed by atoms with Crippen molar-refractivity contribution in [3.8, 4) is 0 Å². The first-order valence-corrected chi connectivity index (χ1v) is 11.0. The van der Waals surface area contributed by atoms with E-state index in [1.165, 1.54) is 0 Å². The van der Waals surface area contributed by atoms with Gasteiger partial charge in [0.2, 0.25) is 0 Å². The van der Waals surface area contributed by atoms with Gasteiger partial charge in [0.25, 0.3) is 5.91 Å². The van der Waals surface area contributed by atoms with E-state index in [-0.39, 0.29) is 11.9 Å². The van der Waals surface area contributed by atoms with Gasteiger partial charge in [-0.2, -0.15) is 5.10 Å². The summed E-state index contributed by atoms with van der Waals surface area (Å²) in [5.41, 5.74) is 3.09. The molecular formula is C23H17Cl4N3O. The van der Waals surface area contributed by atoms with Gasteiger partial charge in [-0.3, -0.25) is 9.80 Å². The molecule has 1 aliphatic rings. The Kier molecular flexibility index (Phi) is 6.73. The van der Waals surface area contributed by atoms with Crippen molar-refractivity contribution in [3.63, 3.8) is 0 Å². The van der Waals surface area contributed by atoms with Crippen LogP contribution in [-0.2, 0) is 0 Å². The molecule has 3 aromatic carbocycles. The third-order valence-electron chi connectivity index (χ3n) is 4.92. The lowest BCUT2D eigenvalue weighted by Gasteiger charge is -2.25. The van der Waals surface area contributed by atoms with E-state index < -0.39 is 0 Å². The van der Waals surface area contributed by atoms with E-state index in [2.05, 4.69) is 5.32 Å². The van der Waals surface area contributed by atoms with Crippen molar-refractivity contribution in [1.29, 1.82) is 0 Å². The van der Waals surface area contributed by atoms with E-state index in [1.54, 1.807) is 36.4 Å². The average Bonchev–Trinajstić information content (AvgIpc) is 3.16. The van der Waals surface area contributed by atoms with E-state index in [0.29, 0.717) is 38.6 Å². The zero-order valence-corrected chi connectivity index (χ0v) is 19.2. The largest absolute Gasteiger partial charge is 0.347 e. The molecule has 4 nitrogen and oxygen atoms in total. The Bertz CT molecular complexity index is 1150. The minimum absolute atomic E-state index is 0.0889. The number of rotatable bonds is 5. The van der Waals surface area contributed by atoms with Crippen molar-refractivity contribution < 1.29 is 4.79 Å². The predicted octanol–water partition coefficient (Wildman–Crippen LogP) is 7.04. The van der Waals surface area contributed by atoms with Crippen LogP contribution < -0.4 is 10.3 Å². The lowest BCUT2D eigenvalue weighted by Crippen LogP contribution is -2.29. The van der Waals surface area contributed by atoms with Gasteiger partial charge in [0.1, 0.15) is 0 Å². The normalized spacial score (nSPS) is 15.7. The minimum Gasteiger partial charge on any atom is -0.347 e. The smallest absolute Gasteiger partial charge is 0.251 e. The third kappa shape index (κ3) is 5.16. The second-order valence-corrected chi connectivity index (χ2v) is 8.79. The maximum atomic E-state index is 12.5. The lowest BCUT2D eigenvalue weighted by molar-refractivity contribution is 0.0959. The third-order valence-corrected chi connectivity index (χ3v) is 5.95. The van der Waals surface area contributed by atoms with Gasteiger partial charge >= 0.3 is 0 Å². The highest BCUT2D eigenvalue weighted by Crippen LogP contribution is 2.39. The molecule has 4 rings (SSSR count). The number of anilines is 1. The molecular weight excluding hydrogens is 476 g/mol. The second-order valence-electron chi connectivity index (χ2n) is 7.07.